The minimum atomic E-state index is -0.923. The summed E-state index contributed by atoms with van der Waals surface area (Å²) < 4.78 is 0. The van der Waals surface area contributed by atoms with Crippen molar-refractivity contribution < 1.29 is 14.7 Å². The molecule has 2 atom stereocenters. The van der Waals surface area contributed by atoms with Crippen molar-refractivity contribution >= 4 is 17.7 Å². The lowest BCUT2D eigenvalue weighted by Gasteiger charge is -2.22. The number of terminal acetylenes is 1. The van der Waals surface area contributed by atoms with E-state index in [2.05, 4.69) is 11.2 Å². The highest BCUT2D eigenvalue weighted by Gasteiger charge is 2.36. The Balaban J connectivity index is 2.20. The monoisotopic (exact) mass is 286 g/mol. The van der Waals surface area contributed by atoms with Gasteiger partial charge in [0, 0.05) is 24.7 Å². The van der Waals surface area contributed by atoms with Crippen LogP contribution in [0.1, 0.15) is 31.2 Å². The van der Waals surface area contributed by atoms with Crippen molar-refractivity contribution in [2.24, 2.45) is 0 Å². The van der Waals surface area contributed by atoms with Gasteiger partial charge in [-0.05, 0) is 18.1 Å². The Labute approximate surface area is 124 Å². The Kier molecular flexibility index (Phi) is 4.49. The molecule has 5 nitrogen and oxygen atoms in total. The summed E-state index contributed by atoms with van der Waals surface area (Å²) in [6, 6.07) is 6.69. The number of fused-ring (bicyclic) bond motifs is 1. The van der Waals surface area contributed by atoms with Gasteiger partial charge in [-0.1, -0.05) is 25.1 Å². The zero-order valence-electron chi connectivity index (χ0n) is 11.9. The Bertz CT molecular complexity index is 591. The molecule has 1 aliphatic heterocycles. The number of aliphatic carboxylic acids is 1. The van der Waals surface area contributed by atoms with E-state index in [4.69, 9.17) is 6.42 Å². The molecule has 0 aliphatic carbocycles. The van der Waals surface area contributed by atoms with Gasteiger partial charge in [0.2, 0.25) is 0 Å². The molecule has 21 heavy (non-hydrogen) atoms. The molecule has 0 fully saturated rings. The van der Waals surface area contributed by atoms with Crippen LogP contribution in [0.4, 0.5) is 10.5 Å². The van der Waals surface area contributed by atoms with Crippen molar-refractivity contribution in [1.82, 2.24) is 5.32 Å². The van der Waals surface area contributed by atoms with E-state index >= 15 is 0 Å². The first-order valence-electron chi connectivity index (χ1n) is 6.91. The van der Waals surface area contributed by atoms with Crippen LogP contribution in [0.15, 0.2) is 24.3 Å². The van der Waals surface area contributed by atoms with Crippen LogP contribution in [0.2, 0.25) is 0 Å². The number of nitrogens with one attached hydrogen (secondary N) is 1. The van der Waals surface area contributed by atoms with E-state index in [1.54, 1.807) is 24.3 Å². The van der Waals surface area contributed by atoms with E-state index in [0.717, 1.165) is 6.42 Å². The molecule has 0 radical (unpaired) electrons. The van der Waals surface area contributed by atoms with Gasteiger partial charge in [0.25, 0.3) is 0 Å². The van der Waals surface area contributed by atoms with Gasteiger partial charge < -0.3 is 10.4 Å². The lowest BCUT2D eigenvalue weighted by molar-refractivity contribution is -0.138. The molecule has 2 unspecified atom stereocenters. The largest absolute Gasteiger partial charge is 0.481 e. The van der Waals surface area contributed by atoms with Crippen LogP contribution in [0, 0.1) is 12.3 Å². The van der Waals surface area contributed by atoms with Crippen molar-refractivity contribution in [2.75, 3.05) is 11.4 Å². The van der Waals surface area contributed by atoms with E-state index in [0.29, 0.717) is 17.7 Å². The van der Waals surface area contributed by atoms with Crippen LogP contribution >= 0.6 is 0 Å². The van der Waals surface area contributed by atoms with Crippen molar-refractivity contribution in [3.05, 3.63) is 29.8 Å². The molecule has 5 heteroatoms. The first kappa shape index (κ1) is 14.9. The topological polar surface area (TPSA) is 69.6 Å². The molecule has 1 aromatic rings. The molecule has 110 valence electrons. The molecule has 0 aromatic heterocycles. The predicted octanol–water partition coefficient (Wildman–Crippen LogP) is 2.19. The number of rotatable bonds is 4. The first-order valence-corrected chi connectivity index (χ1v) is 6.91. The normalized spacial score (nSPS) is 17.7. The number of para-hydroxylation sites is 1. The van der Waals surface area contributed by atoms with Crippen LogP contribution in [0.3, 0.4) is 0 Å². The van der Waals surface area contributed by atoms with E-state index in [9.17, 15) is 14.7 Å². The van der Waals surface area contributed by atoms with Gasteiger partial charge in [0.05, 0.1) is 0 Å². The smallest absolute Gasteiger partial charge is 0.322 e. The molecule has 0 bridgehead atoms. The second kappa shape index (κ2) is 6.31. The lowest BCUT2D eigenvalue weighted by atomic mass is 10.0. The molecule has 0 spiro atoms. The average molecular weight is 286 g/mol. The van der Waals surface area contributed by atoms with Crippen molar-refractivity contribution in [3.63, 3.8) is 0 Å². The maximum atomic E-state index is 12.4. The molecular weight excluding hydrogens is 268 g/mol. The third-order valence-corrected chi connectivity index (χ3v) is 3.70. The second-order valence-electron chi connectivity index (χ2n) is 5.02. The van der Waals surface area contributed by atoms with Crippen LogP contribution in [0.5, 0.6) is 0 Å². The standard InChI is InChI=1S/C16H18N2O3/c1-3-7-11(4-2)17-16(21)18-10-13(15(19)20)12-8-5-6-9-14(12)18/h1,5-6,8-9,11,13H,4,7,10H2,2H3,(H,17,21)(H,19,20). The molecule has 2 rings (SSSR count). The Morgan fingerprint density at radius 2 is 2.24 bits per heavy atom. The number of hydrogen-bond donors (Lipinski definition) is 2. The molecule has 2 amide bonds. The Morgan fingerprint density at radius 1 is 1.52 bits per heavy atom. The highest BCUT2D eigenvalue weighted by molar-refractivity contribution is 5.98. The van der Waals surface area contributed by atoms with Crippen molar-refractivity contribution in [2.45, 2.75) is 31.7 Å². The molecule has 2 N–H and O–H groups in total. The number of anilines is 1. The van der Waals surface area contributed by atoms with Gasteiger partial charge in [-0.15, -0.1) is 12.3 Å². The van der Waals surface area contributed by atoms with Crippen molar-refractivity contribution in [1.29, 1.82) is 0 Å². The first-order chi connectivity index (χ1) is 10.1. The summed E-state index contributed by atoms with van der Waals surface area (Å²) in [6.45, 7) is 2.09. The van der Waals surface area contributed by atoms with Crippen molar-refractivity contribution in [3.8, 4) is 12.3 Å². The number of amides is 2. The van der Waals surface area contributed by atoms with Crippen LogP contribution < -0.4 is 10.2 Å². The summed E-state index contributed by atoms with van der Waals surface area (Å²) in [7, 11) is 0. The fraction of sp³-hybridized carbons (Fsp3) is 0.375. The van der Waals surface area contributed by atoms with Gasteiger partial charge in [0.1, 0.15) is 5.92 Å². The minimum Gasteiger partial charge on any atom is -0.481 e. The fourth-order valence-corrected chi connectivity index (χ4v) is 2.50. The minimum absolute atomic E-state index is 0.0986. The molecule has 1 aromatic carbocycles. The summed E-state index contributed by atoms with van der Waals surface area (Å²) >= 11 is 0. The molecular formula is C16H18N2O3. The average Bonchev–Trinajstić information content (AvgIpc) is 2.86. The lowest BCUT2D eigenvalue weighted by Crippen LogP contribution is -2.44. The zero-order valence-corrected chi connectivity index (χ0v) is 11.9. The fourth-order valence-electron chi connectivity index (χ4n) is 2.50. The number of carboxylic acid groups (broad SMARTS) is 1. The summed E-state index contributed by atoms with van der Waals surface area (Å²) in [5.41, 5.74) is 1.32. The SMILES string of the molecule is C#CCC(CC)NC(=O)N1CC(C(=O)O)c2ccccc21. The van der Waals surface area contributed by atoms with Gasteiger partial charge in [-0.2, -0.15) is 0 Å². The number of benzene rings is 1. The summed E-state index contributed by atoms with van der Waals surface area (Å²) in [5, 5.41) is 12.1. The highest BCUT2D eigenvalue weighted by atomic mass is 16.4. The van der Waals surface area contributed by atoms with E-state index < -0.39 is 11.9 Å². The van der Waals surface area contributed by atoms with Gasteiger partial charge in [0.15, 0.2) is 0 Å². The predicted molar refractivity (Wildman–Crippen MR) is 80.2 cm³/mol. The number of carboxylic acids is 1. The van der Waals surface area contributed by atoms with Gasteiger partial charge in [-0.3, -0.25) is 9.69 Å². The number of hydrogen-bond acceptors (Lipinski definition) is 2. The molecule has 0 saturated carbocycles. The third-order valence-electron chi connectivity index (χ3n) is 3.70. The summed E-state index contributed by atoms with van der Waals surface area (Å²) in [6.07, 6.45) is 6.47. The summed E-state index contributed by atoms with van der Waals surface area (Å²) in [5.74, 6) is 0.930. The maximum absolute atomic E-state index is 12.4. The molecule has 1 aliphatic rings. The third kappa shape index (κ3) is 3.00. The summed E-state index contributed by atoms with van der Waals surface area (Å²) in [4.78, 5) is 25.2. The highest BCUT2D eigenvalue weighted by Crippen LogP contribution is 2.36. The number of carbonyl (C=O) groups excluding carboxylic acids is 1. The molecule has 1 heterocycles. The van der Waals surface area contributed by atoms with Crippen LogP contribution in [0.25, 0.3) is 0 Å². The van der Waals surface area contributed by atoms with E-state index in [-0.39, 0.29) is 18.6 Å². The molecule has 0 saturated heterocycles. The number of nitrogens with zero attached hydrogens (tertiary/aromatic N) is 1. The van der Waals surface area contributed by atoms with Gasteiger partial charge in [-0.25, -0.2) is 4.79 Å². The Morgan fingerprint density at radius 3 is 2.86 bits per heavy atom. The van der Waals surface area contributed by atoms with Gasteiger partial charge >= 0.3 is 12.0 Å². The van der Waals surface area contributed by atoms with E-state index in [1.807, 2.05) is 6.92 Å². The zero-order chi connectivity index (χ0) is 15.4. The van der Waals surface area contributed by atoms with Crippen LogP contribution in [-0.4, -0.2) is 29.7 Å². The second-order valence-corrected chi connectivity index (χ2v) is 5.02. The number of carbonyl (C=O) groups is 2. The number of urea groups is 1. The maximum Gasteiger partial charge on any atom is 0.322 e. The quantitative estimate of drug-likeness (QED) is 0.834. The van der Waals surface area contributed by atoms with Crippen LogP contribution in [-0.2, 0) is 4.79 Å². The Hall–Kier alpha value is -2.48. The van der Waals surface area contributed by atoms with E-state index in [1.165, 1.54) is 4.90 Å².